The lowest BCUT2D eigenvalue weighted by Gasteiger charge is -2.06. The van der Waals surface area contributed by atoms with Gasteiger partial charge in [0.15, 0.2) is 0 Å². The number of rotatable bonds is 4. The summed E-state index contributed by atoms with van der Waals surface area (Å²) in [5, 5.41) is 0. The van der Waals surface area contributed by atoms with Crippen molar-refractivity contribution in [2.24, 2.45) is 0 Å². The third-order valence-corrected chi connectivity index (χ3v) is 1.68. The van der Waals surface area contributed by atoms with Crippen LogP contribution in [0.2, 0.25) is 0 Å². The maximum Gasteiger partial charge on any atom is 0.0519 e. The Morgan fingerprint density at radius 2 is 1.64 bits per heavy atom. The van der Waals surface area contributed by atoms with E-state index in [0.717, 1.165) is 13.0 Å². The molecule has 0 bridgehead atoms. The van der Waals surface area contributed by atoms with Crippen molar-refractivity contribution in [2.45, 2.75) is 40.2 Å². The number of hydrogen-bond donors (Lipinski definition) is 0. The van der Waals surface area contributed by atoms with Gasteiger partial charge in [-0.3, -0.25) is 0 Å². The lowest BCUT2D eigenvalue weighted by atomic mass is 10.2. The van der Waals surface area contributed by atoms with Crippen molar-refractivity contribution in [2.75, 3.05) is 6.61 Å². The molecule has 80 valence electrons. The fourth-order valence-electron chi connectivity index (χ4n) is 1.06. The molecule has 0 unspecified atom stereocenters. The van der Waals surface area contributed by atoms with E-state index in [2.05, 4.69) is 38.1 Å². The summed E-state index contributed by atoms with van der Waals surface area (Å²) in [5.41, 5.74) is 1.35. The van der Waals surface area contributed by atoms with E-state index < -0.39 is 0 Å². The fraction of sp³-hybridized carbons (Fsp3) is 0.538. The minimum Gasteiger partial charge on any atom is -0.378 e. The van der Waals surface area contributed by atoms with Crippen molar-refractivity contribution in [1.82, 2.24) is 0 Å². The number of ether oxygens (including phenoxy) is 1. The Kier molecular flexibility index (Phi) is 8.25. The zero-order valence-electron chi connectivity index (χ0n) is 9.79. The second kappa shape index (κ2) is 8.76. The van der Waals surface area contributed by atoms with Gasteiger partial charge in [0.25, 0.3) is 0 Å². The SMILES string of the molecule is CC.CC(C)OCCc1ccccc1. The molecule has 0 aliphatic carbocycles. The van der Waals surface area contributed by atoms with E-state index in [1.54, 1.807) is 0 Å². The summed E-state index contributed by atoms with van der Waals surface area (Å²) in [7, 11) is 0. The molecular weight excluding hydrogens is 172 g/mol. The molecule has 0 atom stereocenters. The molecule has 14 heavy (non-hydrogen) atoms. The third kappa shape index (κ3) is 6.67. The van der Waals surface area contributed by atoms with Crippen LogP contribution >= 0.6 is 0 Å². The van der Waals surface area contributed by atoms with Crippen molar-refractivity contribution in [3.05, 3.63) is 35.9 Å². The van der Waals surface area contributed by atoms with E-state index >= 15 is 0 Å². The molecule has 0 amide bonds. The molecule has 1 aromatic carbocycles. The van der Waals surface area contributed by atoms with Gasteiger partial charge in [-0.1, -0.05) is 44.2 Å². The van der Waals surface area contributed by atoms with Crippen LogP contribution in [0, 0.1) is 0 Å². The standard InChI is InChI=1S/C11H16O.C2H6/c1-10(2)12-9-8-11-6-4-3-5-7-11;1-2/h3-7,10H,8-9H2,1-2H3;1-2H3. The van der Waals surface area contributed by atoms with E-state index in [0.29, 0.717) is 6.10 Å². The third-order valence-electron chi connectivity index (χ3n) is 1.68. The van der Waals surface area contributed by atoms with Gasteiger partial charge in [0.1, 0.15) is 0 Å². The van der Waals surface area contributed by atoms with Gasteiger partial charge in [0.05, 0.1) is 12.7 Å². The highest BCUT2D eigenvalue weighted by atomic mass is 16.5. The molecular formula is C13H22O. The lowest BCUT2D eigenvalue weighted by molar-refractivity contribution is 0.0813. The Balaban J connectivity index is 0.000000791. The van der Waals surface area contributed by atoms with Gasteiger partial charge in [0.2, 0.25) is 0 Å². The van der Waals surface area contributed by atoms with Crippen molar-refractivity contribution in [3.8, 4) is 0 Å². The monoisotopic (exact) mass is 194 g/mol. The smallest absolute Gasteiger partial charge is 0.0519 e. The van der Waals surface area contributed by atoms with E-state index in [9.17, 15) is 0 Å². The maximum absolute atomic E-state index is 5.45. The molecule has 0 radical (unpaired) electrons. The highest BCUT2D eigenvalue weighted by Crippen LogP contribution is 2.00. The van der Waals surface area contributed by atoms with Crippen LogP contribution in [0.5, 0.6) is 0 Å². The van der Waals surface area contributed by atoms with Gasteiger partial charge in [-0.2, -0.15) is 0 Å². The summed E-state index contributed by atoms with van der Waals surface area (Å²) in [6.07, 6.45) is 1.35. The molecule has 1 rings (SSSR count). The zero-order valence-corrected chi connectivity index (χ0v) is 9.79. The average molecular weight is 194 g/mol. The quantitative estimate of drug-likeness (QED) is 0.710. The van der Waals surface area contributed by atoms with Gasteiger partial charge in [0, 0.05) is 0 Å². The minimum absolute atomic E-state index is 0.341. The topological polar surface area (TPSA) is 9.23 Å². The Bertz CT molecular complexity index is 204. The summed E-state index contributed by atoms with van der Waals surface area (Å²) < 4.78 is 5.45. The highest BCUT2D eigenvalue weighted by molar-refractivity contribution is 5.14. The summed E-state index contributed by atoms with van der Waals surface area (Å²) >= 11 is 0. The largest absolute Gasteiger partial charge is 0.378 e. The summed E-state index contributed by atoms with van der Waals surface area (Å²) in [6, 6.07) is 10.4. The van der Waals surface area contributed by atoms with Crippen molar-refractivity contribution >= 4 is 0 Å². The Labute approximate surface area is 88.1 Å². The van der Waals surface area contributed by atoms with Gasteiger partial charge in [-0.05, 0) is 25.8 Å². The molecule has 0 saturated heterocycles. The van der Waals surface area contributed by atoms with E-state index in [1.807, 2.05) is 19.9 Å². The molecule has 1 nitrogen and oxygen atoms in total. The molecule has 1 heteroatoms. The van der Waals surface area contributed by atoms with Crippen molar-refractivity contribution < 1.29 is 4.74 Å². The molecule has 0 aromatic heterocycles. The average Bonchev–Trinajstić information content (AvgIpc) is 2.22. The van der Waals surface area contributed by atoms with Crippen molar-refractivity contribution in [3.63, 3.8) is 0 Å². The first-order valence-electron chi connectivity index (χ1n) is 5.44. The van der Waals surface area contributed by atoms with Crippen LogP contribution in [0.1, 0.15) is 33.3 Å². The predicted octanol–water partition coefficient (Wildman–Crippen LogP) is 3.68. The minimum atomic E-state index is 0.341. The van der Waals surface area contributed by atoms with Crippen LogP contribution in [0.3, 0.4) is 0 Å². The molecule has 0 spiro atoms. The zero-order chi connectivity index (χ0) is 10.8. The highest BCUT2D eigenvalue weighted by Gasteiger charge is 1.93. The predicted molar refractivity (Wildman–Crippen MR) is 62.6 cm³/mol. The van der Waals surface area contributed by atoms with Crippen LogP contribution in [0.25, 0.3) is 0 Å². The molecule has 0 N–H and O–H groups in total. The number of benzene rings is 1. The lowest BCUT2D eigenvalue weighted by Crippen LogP contribution is -2.05. The number of hydrogen-bond acceptors (Lipinski definition) is 1. The second-order valence-corrected chi connectivity index (χ2v) is 3.16. The van der Waals surface area contributed by atoms with E-state index in [4.69, 9.17) is 4.74 Å². The van der Waals surface area contributed by atoms with E-state index in [1.165, 1.54) is 5.56 Å². The van der Waals surface area contributed by atoms with Gasteiger partial charge >= 0.3 is 0 Å². The van der Waals surface area contributed by atoms with Crippen LogP contribution in [0.4, 0.5) is 0 Å². The first kappa shape index (κ1) is 13.2. The second-order valence-electron chi connectivity index (χ2n) is 3.16. The molecule has 0 aliphatic rings. The Morgan fingerprint density at radius 3 is 2.14 bits per heavy atom. The van der Waals surface area contributed by atoms with Gasteiger partial charge in [-0.15, -0.1) is 0 Å². The van der Waals surface area contributed by atoms with Gasteiger partial charge < -0.3 is 4.74 Å². The first-order chi connectivity index (χ1) is 6.79. The van der Waals surface area contributed by atoms with Crippen molar-refractivity contribution in [1.29, 1.82) is 0 Å². The molecule has 1 aromatic rings. The van der Waals surface area contributed by atoms with Crippen LogP contribution < -0.4 is 0 Å². The molecule has 0 saturated carbocycles. The Morgan fingerprint density at radius 1 is 1.07 bits per heavy atom. The summed E-state index contributed by atoms with van der Waals surface area (Å²) in [5.74, 6) is 0. The first-order valence-corrected chi connectivity index (χ1v) is 5.44. The summed E-state index contributed by atoms with van der Waals surface area (Å²) in [6.45, 7) is 8.94. The molecule has 0 aliphatic heterocycles. The molecule has 0 fully saturated rings. The molecule has 0 heterocycles. The van der Waals surface area contributed by atoms with Crippen LogP contribution in [-0.2, 0) is 11.2 Å². The van der Waals surface area contributed by atoms with E-state index in [-0.39, 0.29) is 0 Å². The Hall–Kier alpha value is -0.820. The normalized spacial score (nSPS) is 9.50. The van der Waals surface area contributed by atoms with Crippen LogP contribution in [-0.4, -0.2) is 12.7 Å². The van der Waals surface area contributed by atoms with Gasteiger partial charge in [-0.25, -0.2) is 0 Å². The van der Waals surface area contributed by atoms with Crippen LogP contribution in [0.15, 0.2) is 30.3 Å². The fourth-order valence-corrected chi connectivity index (χ4v) is 1.06. The maximum atomic E-state index is 5.45. The summed E-state index contributed by atoms with van der Waals surface area (Å²) in [4.78, 5) is 0.